The second-order valence-corrected chi connectivity index (χ2v) is 4.51. The lowest BCUT2D eigenvalue weighted by molar-refractivity contribution is -0.137. The Morgan fingerprint density at radius 2 is 1.83 bits per heavy atom. The summed E-state index contributed by atoms with van der Waals surface area (Å²) in [6.45, 7) is 0. The Balaban J connectivity index is 2.39. The molecule has 2 rings (SSSR count). The van der Waals surface area contributed by atoms with E-state index in [2.05, 4.69) is 5.10 Å². The standard InChI is InChI=1S/C14H14F3N3O3/c1-19(23-3)13(21)11-8-12(22-2)20(18-11)10-6-4-9(5-7-10)14(15,16)17/h4-8H,1-3H3. The molecule has 0 unspecified atom stereocenters. The highest BCUT2D eigenvalue weighted by Crippen LogP contribution is 2.30. The minimum atomic E-state index is -4.42. The lowest BCUT2D eigenvalue weighted by Gasteiger charge is -2.11. The average Bonchev–Trinajstić information content (AvgIpc) is 2.97. The van der Waals surface area contributed by atoms with Crippen LogP contribution >= 0.6 is 0 Å². The number of benzene rings is 1. The Morgan fingerprint density at radius 1 is 1.22 bits per heavy atom. The molecule has 0 aliphatic carbocycles. The van der Waals surface area contributed by atoms with Crippen LogP contribution in [0.2, 0.25) is 0 Å². The number of methoxy groups -OCH3 is 1. The summed E-state index contributed by atoms with van der Waals surface area (Å²) in [4.78, 5) is 16.8. The van der Waals surface area contributed by atoms with E-state index in [1.165, 1.54) is 44.1 Å². The number of alkyl halides is 3. The van der Waals surface area contributed by atoms with Crippen LogP contribution in [-0.2, 0) is 11.0 Å². The maximum absolute atomic E-state index is 12.6. The zero-order chi connectivity index (χ0) is 17.2. The first-order valence-electron chi connectivity index (χ1n) is 6.41. The molecular weight excluding hydrogens is 315 g/mol. The molecule has 2 aromatic rings. The van der Waals surface area contributed by atoms with Gasteiger partial charge in [-0.25, -0.2) is 9.75 Å². The molecule has 0 radical (unpaired) electrons. The highest BCUT2D eigenvalue weighted by atomic mass is 19.4. The smallest absolute Gasteiger partial charge is 0.416 e. The summed E-state index contributed by atoms with van der Waals surface area (Å²) >= 11 is 0. The van der Waals surface area contributed by atoms with Crippen molar-refractivity contribution < 1.29 is 27.5 Å². The Bertz CT molecular complexity index is 696. The average molecular weight is 329 g/mol. The minimum Gasteiger partial charge on any atom is -0.481 e. The Labute approximate surface area is 130 Å². The maximum Gasteiger partial charge on any atom is 0.416 e. The minimum absolute atomic E-state index is 0.0334. The van der Waals surface area contributed by atoms with E-state index in [0.29, 0.717) is 5.69 Å². The largest absolute Gasteiger partial charge is 0.481 e. The molecule has 0 atom stereocenters. The molecule has 0 saturated carbocycles. The molecule has 0 N–H and O–H groups in total. The third-order valence-corrected chi connectivity index (χ3v) is 3.10. The number of amides is 1. The van der Waals surface area contributed by atoms with Crippen molar-refractivity contribution in [3.63, 3.8) is 0 Å². The van der Waals surface area contributed by atoms with Gasteiger partial charge in [0, 0.05) is 13.1 Å². The van der Waals surface area contributed by atoms with Gasteiger partial charge in [0.05, 0.1) is 25.5 Å². The third-order valence-electron chi connectivity index (χ3n) is 3.10. The van der Waals surface area contributed by atoms with E-state index < -0.39 is 17.6 Å². The second-order valence-electron chi connectivity index (χ2n) is 4.51. The van der Waals surface area contributed by atoms with Gasteiger partial charge in [-0.2, -0.15) is 18.3 Å². The van der Waals surface area contributed by atoms with Crippen molar-refractivity contribution >= 4 is 5.91 Å². The number of hydroxylamine groups is 2. The van der Waals surface area contributed by atoms with Crippen molar-refractivity contribution in [2.45, 2.75) is 6.18 Å². The zero-order valence-electron chi connectivity index (χ0n) is 12.6. The summed E-state index contributed by atoms with van der Waals surface area (Å²) in [5.41, 5.74) is -0.414. The topological polar surface area (TPSA) is 56.6 Å². The van der Waals surface area contributed by atoms with E-state index in [9.17, 15) is 18.0 Å². The van der Waals surface area contributed by atoms with Gasteiger partial charge in [0.2, 0.25) is 5.88 Å². The number of nitrogens with zero attached hydrogens (tertiary/aromatic N) is 3. The number of halogens is 3. The zero-order valence-corrected chi connectivity index (χ0v) is 12.6. The number of carbonyl (C=O) groups is 1. The third kappa shape index (κ3) is 3.45. The molecular formula is C14H14F3N3O3. The van der Waals surface area contributed by atoms with E-state index in [0.717, 1.165) is 17.2 Å². The molecule has 6 nitrogen and oxygen atoms in total. The monoisotopic (exact) mass is 329 g/mol. The van der Waals surface area contributed by atoms with Gasteiger partial charge in [-0.05, 0) is 24.3 Å². The Kier molecular flexibility index (Phi) is 4.60. The van der Waals surface area contributed by atoms with Crippen molar-refractivity contribution in [1.82, 2.24) is 14.8 Å². The van der Waals surface area contributed by atoms with Gasteiger partial charge in [-0.1, -0.05) is 0 Å². The Morgan fingerprint density at radius 3 is 2.30 bits per heavy atom. The van der Waals surface area contributed by atoms with Gasteiger partial charge >= 0.3 is 6.18 Å². The molecule has 0 bridgehead atoms. The molecule has 1 aromatic heterocycles. The van der Waals surface area contributed by atoms with Crippen LogP contribution in [0.4, 0.5) is 13.2 Å². The molecule has 1 heterocycles. The van der Waals surface area contributed by atoms with Gasteiger partial charge in [-0.15, -0.1) is 0 Å². The van der Waals surface area contributed by atoms with E-state index >= 15 is 0 Å². The van der Waals surface area contributed by atoms with Crippen LogP contribution in [0.15, 0.2) is 30.3 Å². The number of carbonyl (C=O) groups excluding carboxylic acids is 1. The van der Waals surface area contributed by atoms with Gasteiger partial charge in [-0.3, -0.25) is 9.63 Å². The highest BCUT2D eigenvalue weighted by Gasteiger charge is 2.30. The molecule has 124 valence electrons. The summed E-state index contributed by atoms with van der Waals surface area (Å²) in [6, 6.07) is 5.72. The first-order valence-corrected chi connectivity index (χ1v) is 6.41. The fourth-order valence-corrected chi connectivity index (χ4v) is 1.83. The lowest BCUT2D eigenvalue weighted by atomic mass is 10.2. The molecule has 1 aromatic carbocycles. The first-order chi connectivity index (χ1) is 10.8. The predicted octanol–water partition coefficient (Wildman–Crippen LogP) is 2.53. The van der Waals surface area contributed by atoms with Gasteiger partial charge < -0.3 is 4.74 Å². The summed E-state index contributed by atoms with van der Waals surface area (Å²) in [6.07, 6.45) is -4.42. The Hall–Kier alpha value is -2.55. The molecule has 9 heteroatoms. The number of aromatic nitrogens is 2. The number of ether oxygens (including phenoxy) is 1. The molecule has 0 saturated heterocycles. The van der Waals surface area contributed by atoms with Crippen molar-refractivity contribution in [3.05, 3.63) is 41.6 Å². The SMILES string of the molecule is COc1cc(C(=O)N(C)OC)nn1-c1ccc(C(F)(F)F)cc1. The van der Waals surface area contributed by atoms with Gasteiger partial charge in [0.25, 0.3) is 5.91 Å². The normalized spacial score (nSPS) is 11.4. The van der Waals surface area contributed by atoms with Crippen molar-refractivity contribution in [2.75, 3.05) is 21.3 Å². The van der Waals surface area contributed by atoms with Crippen LogP contribution in [0.25, 0.3) is 5.69 Å². The summed E-state index contributed by atoms with van der Waals surface area (Å²) in [7, 11) is 4.10. The predicted molar refractivity (Wildman–Crippen MR) is 74.2 cm³/mol. The molecule has 0 fully saturated rings. The highest BCUT2D eigenvalue weighted by molar-refractivity contribution is 5.91. The van der Waals surface area contributed by atoms with E-state index in [1.807, 2.05) is 0 Å². The van der Waals surface area contributed by atoms with Crippen LogP contribution in [0.3, 0.4) is 0 Å². The van der Waals surface area contributed by atoms with Crippen LogP contribution in [0, 0.1) is 0 Å². The van der Waals surface area contributed by atoms with Crippen molar-refractivity contribution in [2.24, 2.45) is 0 Å². The van der Waals surface area contributed by atoms with Crippen LogP contribution in [-0.4, -0.2) is 42.0 Å². The van der Waals surface area contributed by atoms with Crippen LogP contribution in [0.5, 0.6) is 5.88 Å². The molecule has 0 spiro atoms. The van der Waals surface area contributed by atoms with E-state index in [1.54, 1.807) is 0 Å². The fourth-order valence-electron chi connectivity index (χ4n) is 1.83. The lowest BCUT2D eigenvalue weighted by Crippen LogP contribution is -2.25. The van der Waals surface area contributed by atoms with Crippen molar-refractivity contribution in [1.29, 1.82) is 0 Å². The number of rotatable bonds is 4. The van der Waals surface area contributed by atoms with E-state index in [4.69, 9.17) is 9.57 Å². The fraction of sp³-hybridized carbons (Fsp3) is 0.286. The molecule has 23 heavy (non-hydrogen) atoms. The van der Waals surface area contributed by atoms with Gasteiger partial charge in [0.15, 0.2) is 5.69 Å². The van der Waals surface area contributed by atoms with Gasteiger partial charge in [0.1, 0.15) is 0 Å². The maximum atomic E-state index is 12.6. The second kappa shape index (κ2) is 6.29. The quantitative estimate of drug-likeness (QED) is 0.809. The first kappa shape index (κ1) is 16.8. The molecule has 0 aliphatic rings. The van der Waals surface area contributed by atoms with Crippen LogP contribution in [0.1, 0.15) is 16.1 Å². The van der Waals surface area contributed by atoms with Crippen LogP contribution < -0.4 is 4.74 Å². The van der Waals surface area contributed by atoms with Crippen molar-refractivity contribution in [3.8, 4) is 11.6 Å². The molecule has 0 aliphatic heterocycles. The summed E-state index contributed by atoms with van der Waals surface area (Å²) in [5, 5.41) is 5.02. The van der Waals surface area contributed by atoms with E-state index in [-0.39, 0.29) is 11.6 Å². The summed E-state index contributed by atoms with van der Waals surface area (Å²) in [5.74, 6) is -0.311. The number of hydrogen-bond donors (Lipinski definition) is 0. The molecule has 1 amide bonds. The number of hydrogen-bond acceptors (Lipinski definition) is 4. The summed E-state index contributed by atoms with van der Waals surface area (Å²) < 4.78 is 44.1.